The van der Waals surface area contributed by atoms with E-state index >= 15 is 0 Å². The second-order valence-electron chi connectivity index (χ2n) is 6.47. The zero-order valence-electron chi connectivity index (χ0n) is 14.4. The third-order valence-electron chi connectivity index (χ3n) is 4.60. The summed E-state index contributed by atoms with van der Waals surface area (Å²) in [6.07, 6.45) is 0.830. The number of carbonyl (C=O) groups is 1. The average molecular weight is 351 g/mol. The summed E-state index contributed by atoms with van der Waals surface area (Å²) in [7, 11) is 0. The molecule has 26 heavy (non-hydrogen) atoms. The lowest BCUT2D eigenvalue weighted by atomic mass is 10.1. The van der Waals surface area contributed by atoms with Gasteiger partial charge in [0.05, 0.1) is 6.42 Å². The Kier molecular flexibility index (Phi) is 4.24. The van der Waals surface area contributed by atoms with Crippen LogP contribution in [0.15, 0.2) is 52.9 Å². The van der Waals surface area contributed by atoms with Gasteiger partial charge in [-0.3, -0.25) is 4.79 Å². The van der Waals surface area contributed by atoms with Crippen LogP contribution in [-0.4, -0.2) is 22.6 Å². The Hall–Kier alpha value is -3.02. The van der Waals surface area contributed by atoms with Gasteiger partial charge in [-0.1, -0.05) is 30.3 Å². The van der Waals surface area contributed by atoms with Crippen molar-refractivity contribution in [1.82, 2.24) is 10.2 Å². The Morgan fingerprint density at radius 3 is 2.85 bits per heavy atom. The minimum absolute atomic E-state index is 0.0447. The van der Waals surface area contributed by atoms with Gasteiger partial charge in [0.2, 0.25) is 17.7 Å². The van der Waals surface area contributed by atoms with E-state index in [0.717, 1.165) is 11.3 Å². The molecule has 4 rings (SSSR count). The maximum absolute atomic E-state index is 13.8. The van der Waals surface area contributed by atoms with Gasteiger partial charge in [0, 0.05) is 12.2 Å². The zero-order chi connectivity index (χ0) is 18.1. The normalized spacial score (nSPS) is 17.1. The topological polar surface area (TPSA) is 59.2 Å². The second kappa shape index (κ2) is 6.71. The van der Waals surface area contributed by atoms with Crippen molar-refractivity contribution in [2.75, 3.05) is 11.4 Å². The van der Waals surface area contributed by atoms with Crippen LogP contribution < -0.4 is 4.90 Å². The fourth-order valence-corrected chi connectivity index (χ4v) is 3.24. The van der Waals surface area contributed by atoms with Gasteiger partial charge in [-0.05, 0) is 42.7 Å². The molecular formula is C20H18FN3O2. The summed E-state index contributed by atoms with van der Waals surface area (Å²) < 4.78 is 19.4. The number of hydrogen-bond donors (Lipinski definition) is 0. The number of benzene rings is 2. The highest BCUT2D eigenvalue weighted by Crippen LogP contribution is 2.32. The molecule has 1 unspecified atom stereocenters. The van der Waals surface area contributed by atoms with E-state index in [9.17, 15) is 9.18 Å². The van der Waals surface area contributed by atoms with Gasteiger partial charge in [-0.15, -0.1) is 10.2 Å². The smallest absolute Gasteiger partial charge is 0.239 e. The molecule has 5 nitrogen and oxygen atoms in total. The van der Waals surface area contributed by atoms with Crippen molar-refractivity contribution in [2.24, 2.45) is 0 Å². The molecule has 6 heteroatoms. The Balaban J connectivity index is 1.51. The number of anilines is 1. The van der Waals surface area contributed by atoms with E-state index in [-0.39, 0.29) is 18.1 Å². The Morgan fingerprint density at radius 1 is 1.19 bits per heavy atom. The SMILES string of the molecule is Cc1cccc(N2CCC(c3nnc(Cc4ccccc4F)o3)C2=O)c1. The summed E-state index contributed by atoms with van der Waals surface area (Å²) >= 11 is 0. The molecule has 1 aliphatic heterocycles. The minimum Gasteiger partial charge on any atom is -0.424 e. The van der Waals surface area contributed by atoms with Crippen LogP contribution in [0.25, 0.3) is 0 Å². The molecule has 0 radical (unpaired) electrons. The molecule has 1 atom stereocenters. The number of aromatic nitrogens is 2. The third kappa shape index (κ3) is 3.10. The second-order valence-corrected chi connectivity index (χ2v) is 6.47. The molecule has 2 heterocycles. The van der Waals surface area contributed by atoms with E-state index < -0.39 is 5.92 Å². The van der Waals surface area contributed by atoms with Crippen LogP contribution in [0.3, 0.4) is 0 Å². The van der Waals surface area contributed by atoms with Crippen LogP contribution in [-0.2, 0) is 11.2 Å². The first kappa shape index (κ1) is 16.4. The van der Waals surface area contributed by atoms with E-state index in [1.165, 1.54) is 6.07 Å². The summed E-state index contributed by atoms with van der Waals surface area (Å²) in [6.45, 7) is 2.60. The monoisotopic (exact) mass is 351 g/mol. The third-order valence-corrected chi connectivity index (χ3v) is 4.60. The molecule has 3 aromatic rings. The Bertz CT molecular complexity index is 953. The molecule has 1 aromatic heterocycles. The summed E-state index contributed by atoms with van der Waals surface area (Å²) in [5, 5.41) is 8.02. The van der Waals surface area contributed by atoms with Crippen LogP contribution in [0, 0.1) is 12.7 Å². The molecule has 0 N–H and O–H groups in total. The molecule has 1 aliphatic rings. The van der Waals surface area contributed by atoms with Crippen molar-refractivity contribution in [1.29, 1.82) is 0 Å². The molecule has 1 fully saturated rings. The summed E-state index contributed by atoms with van der Waals surface area (Å²) in [4.78, 5) is 14.5. The largest absolute Gasteiger partial charge is 0.424 e. The molecule has 1 saturated heterocycles. The van der Waals surface area contributed by atoms with Gasteiger partial charge >= 0.3 is 0 Å². The maximum atomic E-state index is 13.8. The van der Waals surface area contributed by atoms with Crippen molar-refractivity contribution in [3.05, 3.63) is 77.3 Å². The van der Waals surface area contributed by atoms with Gasteiger partial charge in [-0.25, -0.2) is 4.39 Å². The van der Waals surface area contributed by atoms with Crippen molar-refractivity contribution in [3.8, 4) is 0 Å². The lowest BCUT2D eigenvalue weighted by Gasteiger charge is -2.16. The minimum atomic E-state index is -0.447. The van der Waals surface area contributed by atoms with Crippen LogP contribution in [0.4, 0.5) is 10.1 Å². The van der Waals surface area contributed by atoms with Gasteiger partial charge in [0.1, 0.15) is 11.7 Å². The van der Waals surface area contributed by atoms with Gasteiger partial charge in [0.25, 0.3) is 0 Å². The number of aryl methyl sites for hydroxylation is 1. The number of halogens is 1. The predicted molar refractivity (Wildman–Crippen MR) is 94.4 cm³/mol. The molecule has 0 saturated carbocycles. The fraction of sp³-hybridized carbons (Fsp3) is 0.250. The number of amides is 1. The molecule has 132 valence electrons. The number of rotatable bonds is 4. The van der Waals surface area contributed by atoms with Crippen molar-refractivity contribution < 1.29 is 13.6 Å². The Morgan fingerprint density at radius 2 is 2.04 bits per heavy atom. The fourth-order valence-electron chi connectivity index (χ4n) is 3.24. The zero-order valence-corrected chi connectivity index (χ0v) is 14.4. The predicted octanol–water partition coefficient (Wildman–Crippen LogP) is 3.63. The molecule has 2 aromatic carbocycles. The molecular weight excluding hydrogens is 333 g/mol. The average Bonchev–Trinajstić information content (AvgIpc) is 3.23. The van der Waals surface area contributed by atoms with E-state index in [1.807, 2.05) is 31.2 Å². The van der Waals surface area contributed by atoms with E-state index in [1.54, 1.807) is 23.1 Å². The van der Waals surface area contributed by atoms with E-state index in [0.29, 0.717) is 30.3 Å². The van der Waals surface area contributed by atoms with Crippen LogP contribution >= 0.6 is 0 Å². The summed E-state index contributed by atoms with van der Waals surface area (Å²) in [6, 6.07) is 14.3. The summed E-state index contributed by atoms with van der Waals surface area (Å²) in [5.74, 6) is -0.188. The van der Waals surface area contributed by atoms with Crippen LogP contribution in [0.2, 0.25) is 0 Å². The number of nitrogens with zero attached hydrogens (tertiary/aromatic N) is 3. The summed E-state index contributed by atoms with van der Waals surface area (Å²) in [5.41, 5.74) is 2.47. The number of hydrogen-bond acceptors (Lipinski definition) is 4. The highest BCUT2D eigenvalue weighted by atomic mass is 19.1. The first-order chi connectivity index (χ1) is 12.6. The van der Waals surface area contributed by atoms with Crippen LogP contribution in [0.1, 0.15) is 35.2 Å². The van der Waals surface area contributed by atoms with Crippen LogP contribution in [0.5, 0.6) is 0 Å². The highest BCUT2D eigenvalue weighted by Gasteiger charge is 2.37. The van der Waals surface area contributed by atoms with Gasteiger partial charge < -0.3 is 9.32 Å². The van der Waals surface area contributed by atoms with Crippen molar-refractivity contribution in [3.63, 3.8) is 0 Å². The standard InChI is InChI=1S/C20H18FN3O2/c1-13-5-4-7-15(11-13)24-10-9-16(20(24)25)19-23-22-18(26-19)12-14-6-2-3-8-17(14)21/h2-8,11,16H,9-10,12H2,1H3. The first-order valence-corrected chi connectivity index (χ1v) is 8.55. The van der Waals surface area contributed by atoms with E-state index in [2.05, 4.69) is 10.2 Å². The molecule has 1 amide bonds. The van der Waals surface area contributed by atoms with E-state index in [4.69, 9.17) is 4.42 Å². The lowest BCUT2D eigenvalue weighted by molar-refractivity contribution is -0.118. The molecule has 0 bridgehead atoms. The van der Waals surface area contributed by atoms with Gasteiger partial charge in [0.15, 0.2) is 0 Å². The highest BCUT2D eigenvalue weighted by molar-refractivity contribution is 5.99. The Labute approximate surface area is 150 Å². The van der Waals surface area contributed by atoms with Gasteiger partial charge in [-0.2, -0.15) is 0 Å². The van der Waals surface area contributed by atoms with Crippen molar-refractivity contribution in [2.45, 2.75) is 25.7 Å². The van der Waals surface area contributed by atoms with Crippen molar-refractivity contribution >= 4 is 11.6 Å². The molecule has 0 aliphatic carbocycles. The first-order valence-electron chi connectivity index (χ1n) is 8.55. The maximum Gasteiger partial charge on any atom is 0.239 e. The molecule has 0 spiro atoms. The number of carbonyl (C=O) groups excluding carboxylic acids is 1. The lowest BCUT2D eigenvalue weighted by Crippen LogP contribution is -2.26. The quantitative estimate of drug-likeness (QED) is 0.720.